The summed E-state index contributed by atoms with van der Waals surface area (Å²) in [6, 6.07) is -0.716. The van der Waals surface area contributed by atoms with Gasteiger partial charge in [-0.25, -0.2) is 0 Å². The van der Waals surface area contributed by atoms with Crippen LogP contribution in [-0.2, 0) is 31.2 Å². The zero-order valence-corrected chi connectivity index (χ0v) is 20.7. The van der Waals surface area contributed by atoms with E-state index in [0.29, 0.717) is 46.6 Å². The number of aromatic hydroxyl groups is 2. The summed E-state index contributed by atoms with van der Waals surface area (Å²) in [4.78, 5) is 17.8. The third-order valence-corrected chi connectivity index (χ3v) is 4.80. The van der Waals surface area contributed by atoms with Gasteiger partial charge in [-0.2, -0.15) is 0 Å². The maximum absolute atomic E-state index is 10.1. The Bertz CT molecular complexity index is 843. The van der Waals surface area contributed by atoms with Gasteiger partial charge in [0, 0.05) is 34.6 Å². The Balaban J connectivity index is 0. The van der Waals surface area contributed by atoms with Gasteiger partial charge >= 0.3 is 5.97 Å². The average Bonchev–Trinajstić information content (AvgIpc) is 2.83. The highest BCUT2D eigenvalue weighted by molar-refractivity contribution is 5.85. The summed E-state index contributed by atoms with van der Waals surface area (Å²) < 4.78 is 0. The second-order valence-corrected chi connectivity index (χ2v) is 7.25. The minimum Gasteiger partial charge on any atom is -0.506 e. The second-order valence-electron chi connectivity index (χ2n) is 7.25. The van der Waals surface area contributed by atoms with E-state index in [9.17, 15) is 15.0 Å². The number of aromatic nitrogens is 2. The monoisotopic (exact) mass is 520 g/mol. The molecule has 0 aromatic carbocycles. The van der Waals surface area contributed by atoms with Crippen LogP contribution in [0, 0.1) is 13.8 Å². The van der Waals surface area contributed by atoms with Gasteiger partial charge in [-0.3, -0.25) is 14.8 Å². The lowest BCUT2D eigenvalue weighted by atomic mass is 10.1. The fourth-order valence-electron chi connectivity index (χ4n) is 2.63. The van der Waals surface area contributed by atoms with Crippen LogP contribution >= 0.6 is 12.4 Å². The lowest BCUT2D eigenvalue weighted by molar-refractivity contribution is -0.138. The zero-order chi connectivity index (χ0) is 26.3. The number of aryl methyl sites for hydroxylation is 2. The minimum absolute atomic E-state index is 0. The van der Waals surface area contributed by atoms with E-state index < -0.39 is 12.0 Å². The average molecular weight is 521 g/mol. The van der Waals surface area contributed by atoms with Gasteiger partial charge in [0.05, 0.1) is 37.8 Å². The number of nitrogens with two attached hydrogens (primary N) is 2. The lowest BCUT2D eigenvalue weighted by Gasteiger charge is -2.07. The van der Waals surface area contributed by atoms with Crippen molar-refractivity contribution in [3.63, 3.8) is 0 Å². The molecule has 0 saturated heterocycles. The van der Waals surface area contributed by atoms with Crippen molar-refractivity contribution in [3.05, 3.63) is 46.0 Å². The Morgan fingerprint density at radius 1 is 0.857 bits per heavy atom. The van der Waals surface area contributed by atoms with Crippen LogP contribution in [0.25, 0.3) is 0 Å². The molecule has 0 amide bonds. The van der Waals surface area contributed by atoms with E-state index in [1.807, 2.05) is 0 Å². The maximum atomic E-state index is 10.1. The van der Waals surface area contributed by atoms with Crippen molar-refractivity contribution in [2.45, 2.75) is 65.6 Å². The SMILES string of the molecule is Cc1ncc(CO)c(CO)c1O.Cc1ncc(CO)c(CO)c1O.Cl.NCCCC[C@H](N)C(=O)O. The fourth-order valence-corrected chi connectivity index (χ4v) is 2.63. The number of carbonyl (C=O) groups is 1. The molecule has 2 heterocycles. The molecule has 0 aliphatic rings. The molecule has 2 rings (SSSR count). The predicted octanol–water partition coefficient (Wildman–Crippen LogP) is 0.110. The number of nitrogens with zero attached hydrogens (tertiary/aromatic N) is 2. The van der Waals surface area contributed by atoms with E-state index in [0.717, 1.165) is 12.8 Å². The molecule has 0 radical (unpaired) electrons. The normalized spacial score (nSPS) is 10.7. The summed E-state index contributed by atoms with van der Waals surface area (Å²) in [5.41, 5.74) is 13.0. The molecule has 1 atom stereocenters. The van der Waals surface area contributed by atoms with Crippen LogP contribution in [-0.4, -0.2) is 64.3 Å². The first kappa shape index (κ1) is 34.6. The summed E-state index contributed by atoms with van der Waals surface area (Å²) in [7, 11) is 0. The molecule has 2 aromatic heterocycles. The van der Waals surface area contributed by atoms with Crippen molar-refractivity contribution in [3.8, 4) is 11.5 Å². The molecule has 0 spiro atoms. The van der Waals surface area contributed by atoms with Crippen molar-refractivity contribution >= 4 is 18.4 Å². The first-order valence-corrected chi connectivity index (χ1v) is 10.5. The number of hydrogen-bond acceptors (Lipinski definition) is 11. The second kappa shape index (κ2) is 18.7. The number of carboxylic acid groups (broad SMARTS) is 1. The molecule has 35 heavy (non-hydrogen) atoms. The van der Waals surface area contributed by atoms with Crippen LogP contribution in [0.4, 0.5) is 0 Å². The van der Waals surface area contributed by atoms with Crippen molar-refractivity contribution in [1.82, 2.24) is 9.97 Å². The van der Waals surface area contributed by atoms with Crippen molar-refractivity contribution < 1.29 is 40.5 Å². The molecule has 13 heteroatoms. The largest absolute Gasteiger partial charge is 0.506 e. The Labute approximate surface area is 210 Å². The smallest absolute Gasteiger partial charge is 0.320 e. The number of hydrogen-bond donors (Lipinski definition) is 9. The van der Waals surface area contributed by atoms with E-state index >= 15 is 0 Å². The minimum atomic E-state index is -0.933. The zero-order valence-electron chi connectivity index (χ0n) is 19.9. The van der Waals surface area contributed by atoms with Crippen molar-refractivity contribution in [2.24, 2.45) is 11.5 Å². The molecule has 0 saturated carbocycles. The number of aliphatic carboxylic acids is 1. The molecule has 11 N–H and O–H groups in total. The van der Waals surface area contributed by atoms with Gasteiger partial charge in [0.1, 0.15) is 17.5 Å². The van der Waals surface area contributed by atoms with Crippen LogP contribution in [0.2, 0.25) is 0 Å². The Kier molecular flexibility index (Phi) is 18.5. The van der Waals surface area contributed by atoms with Gasteiger partial charge < -0.3 is 47.2 Å². The van der Waals surface area contributed by atoms with Gasteiger partial charge in [-0.15, -0.1) is 12.4 Å². The number of pyridine rings is 2. The number of rotatable bonds is 9. The van der Waals surface area contributed by atoms with E-state index in [1.54, 1.807) is 13.8 Å². The van der Waals surface area contributed by atoms with Crippen LogP contribution in [0.3, 0.4) is 0 Å². The van der Waals surface area contributed by atoms with Gasteiger partial charge in [0.15, 0.2) is 0 Å². The topological polar surface area (TPSA) is 237 Å². The molecule has 12 nitrogen and oxygen atoms in total. The third kappa shape index (κ3) is 11.6. The van der Waals surface area contributed by atoms with Crippen molar-refractivity contribution in [1.29, 1.82) is 0 Å². The Morgan fingerprint density at radius 2 is 1.26 bits per heavy atom. The van der Waals surface area contributed by atoms with Crippen LogP contribution in [0.5, 0.6) is 11.5 Å². The van der Waals surface area contributed by atoms with Crippen LogP contribution in [0.1, 0.15) is 52.9 Å². The fraction of sp³-hybridized carbons (Fsp3) is 0.500. The number of aliphatic hydroxyl groups is 4. The molecular formula is C22H37ClN4O8. The van der Waals surface area contributed by atoms with E-state index in [-0.39, 0.29) is 50.3 Å². The molecule has 0 aliphatic heterocycles. The highest BCUT2D eigenvalue weighted by atomic mass is 35.5. The van der Waals surface area contributed by atoms with Gasteiger partial charge in [0.25, 0.3) is 0 Å². The first-order valence-electron chi connectivity index (χ1n) is 10.5. The van der Waals surface area contributed by atoms with E-state index in [4.69, 9.17) is 37.0 Å². The highest BCUT2D eigenvalue weighted by Gasteiger charge is 2.10. The predicted molar refractivity (Wildman–Crippen MR) is 131 cm³/mol. The number of aliphatic hydroxyl groups excluding tert-OH is 4. The van der Waals surface area contributed by atoms with Gasteiger partial charge in [-0.1, -0.05) is 6.42 Å². The molecule has 2 aromatic rings. The summed E-state index contributed by atoms with van der Waals surface area (Å²) in [5.74, 6) is -1.01. The standard InChI is InChI=1S/2C8H11NO3.C6H14N2O2.ClH/c2*1-5-8(12)7(4-11)6(3-10)2-9-5;7-4-2-1-3-5(8)6(9)10;/h2*2,10-12H,3-4H2,1H3;5H,1-4,7-8H2,(H,9,10);1H/t;;5-;/m..0./s1. The van der Waals surface area contributed by atoms with Crippen molar-refractivity contribution in [2.75, 3.05) is 6.54 Å². The number of carboxylic acids is 1. The molecule has 0 fully saturated rings. The Hall–Kier alpha value is -2.58. The number of halogens is 1. The van der Waals surface area contributed by atoms with Crippen LogP contribution < -0.4 is 11.5 Å². The third-order valence-electron chi connectivity index (χ3n) is 4.80. The molecule has 0 aliphatic carbocycles. The van der Waals surface area contributed by atoms with Gasteiger partial charge in [-0.05, 0) is 33.2 Å². The lowest BCUT2D eigenvalue weighted by Crippen LogP contribution is -2.29. The van der Waals surface area contributed by atoms with Gasteiger partial charge in [0.2, 0.25) is 0 Å². The maximum Gasteiger partial charge on any atom is 0.320 e. The Morgan fingerprint density at radius 3 is 1.54 bits per heavy atom. The van der Waals surface area contributed by atoms with E-state index in [1.165, 1.54) is 12.4 Å². The first-order chi connectivity index (χ1) is 16.1. The summed E-state index contributed by atoms with van der Waals surface area (Å²) in [6.45, 7) is 2.85. The summed E-state index contributed by atoms with van der Waals surface area (Å²) in [6.07, 6.45) is 5.05. The quantitative estimate of drug-likeness (QED) is 0.200. The summed E-state index contributed by atoms with van der Waals surface area (Å²) in [5, 5.41) is 62.4. The number of unbranched alkanes of at least 4 members (excludes halogenated alkanes) is 1. The van der Waals surface area contributed by atoms with E-state index in [2.05, 4.69) is 9.97 Å². The molecule has 0 unspecified atom stereocenters. The molecular weight excluding hydrogens is 484 g/mol. The van der Waals surface area contributed by atoms with Crippen LogP contribution in [0.15, 0.2) is 12.4 Å². The molecule has 0 bridgehead atoms. The highest BCUT2D eigenvalue weighted by Crippen LogP contribution is 2.24. The molecule has 200 valence electrons. The summed E-state index contributed by atoms with van der Waals surface area (Å²) >= 11 is 0.